The highest BCUT2D eigenvalue weighted by Gasteiger charge is 2.27. The fourth-order valence-electron chi connectivity index (χ4n) is 3.39. The average Bonchev–Trinajstić information content (AvgIpc) is 3.29. The Balaban J connectivity index is 1.76. The highest BCUT2D eigenvalue weighted by Crippen LogP contribution is 2.28. The summed E-state index contributed by atoms with van der Waals surface area (Å²) in [5.41, 5.74) is 1.75. The van der Waals surface area contributed by atoms with Gasteiger partial charge in [0.05, 0.1) is 7.11 Å². The first kappa shape index (κ1) is 25.4. The second-order valence-electron chi connectivity index (χ2n) is 7.99. The number of hydrogen-bond acceptors (Lipinski definition) is 7. The molecule has 1 amide bonds. The first-order valence-electron chi connectivity index (χ1n) is 11.1. The molecule has 9 nitrogen and oxygen atoms in total. The fourth-order valence-corrected chi connectivity index (χ4v) is 5.03. The number of nitrogens with one attached hydrogen (secondary N) is 1. The van der Waals surface area contributed by atoms with Crippen molar-refractivity contribution in [1.29, 1.82) is 0 Å². The molecule has 0 atom stereocenters. The van der Waals surface area contributed by atoms with Gasteiger partial charge in [0.25, 0.3) is 5.91 Å². The predicted octanol–water partition coefficient (Wildman–Crippen LogP) is 4.08. The summed E-state index contributed by atoms with van der Waals surface area (Å²) in [6, 6.07) is 11.6. The molecule has 0 aliphatic carbocycles. The summed E-state index contributed by atoms with van der Waals surface area (Å²) in [5, 5.41) is 6.80. The van der Waals surface area contributed by atoms with Crippen molar-refractivity contribution in [2.45, 2.75) is 44.9 Å². The number of hydrogen-bond donors (Lipinski definition) is 1. The summed E-state index contributed by atoms with van der Waals surface area (Å²) in [6.07, 6.45) is 0.509. The topological polar surface area (TPSA) is 115 Å². The monoisotopic (exact) mass is 486 g/mol. The highest BCUT2D eigenvalue weighted by atomic mass is 32.2. The largest absolute Gasteiger partial charge is 0.495 e. The van der Waals surface area contributed by atoms with Crippen molar-refractivity contribution in [3.8, 4) is 5.75 Å². The second-order valence-corrected chi connectivity index (χ2v) is 9.89. The van der Waals surface area contributed by atoms with Crippen LogP contribution in [0.1, 0.15) is 61.2 Å². The van der Waals surface area contributed by atoms with Gasteiger partial charge in [-0.3, -0.25) is 4.79 Å². The number of aromatic nitrogens is 2. The number of methoxy groups -OCH3 is 1. The molecule has 3 rings (SSSR count). The van der Waals surface area contributed by atoms with Crippen LogP contribution in [0.5, 0.6) is 5.75 Å². The fraction of sp³-hybridized carbons (Fsp3) is 0.375. The molecule has 1 heterocycles. The molecule has 0 unspecified atom stereocenters. The van der Waals surface area contributed by atoms with E-state index in [0.29, 0.717) is 36.9 Å². The number of ether oxygens (including phenoxy) is 1. The number of amides is 1. The predicted molar refractivity (Wildman–Crippen MR) is 129 cm³/mol. The summed E-state index contributed by atoms with van der Waals surface area (Å²) in [7, 11) is -2.40. The van der Waals surface area contributed by atoms with Gasteiger partial charge in [0, 0.05) is 36.7 Å². The van der Waals surface area contributed by atoms with Gasteiger partial charge in [0.15, 0.2) is 5.82 Å². The van der Waals surface area contributed by atoms with Gasteiger partial charge in [0.1, 0.15) is 10.6 Å². The van der Waals surface area contributed by atoms with E-state index in [9.17, 15) is 13.2 Å². The van der Waals surface area contributed by atoms with Crippen molar-refractivity contribution in [2.75, 3.05) is 25.5 Å². The van der Waals surface area contributed by atoms with Gasteiger partial charge in [-0.1, -0.05) is 45.0 Å². The lowest BCUT2D eigenvalue weighted by molar-refractivity contribution is 0.102. The third kappa shape index (κ3) is 5.63. The molecule has 0 saturated heterocycles. The zero-order chi connectivity index (χ0) is 24.9. The van der Waals surface area contributed by atoms with Crippen LogP contribution in [0.25, 0.3) is 0 Å². The Kier molecular flexibility index (Phi) is 8.06. The quantitative estimate of drug-likeness (QED) is 0.459. The number of sulfonamides is 1. The maximum atomic E-state index is 13.0. The van der Waals surface area contributed by atoms with Crippen LogP contribution in [0, 0.1) is 0 Å². The van der Waals surface area contributed by atoms with Crippen LogP contribution in [0.15, 0.2) is 51.9 Å². The van der Waals surface area contributed by atoms with Crippen LogP contribution in [-0.2, 0) is 16.4 Å². The second kappa shape index (κ2) is 10.8. The number of benzene rings is 2. The van der Waals surface area contributed by atoms with E-state index in [1.807, 2.05) is 26.0 Å². The highest BCUT2D eigenvalue weighted by molar-refractivity contribution is 7.89. The summed E-state index contributed by atoms with van der Waals surface area (Å²) < 4.78 is 37.9. The molecule has 0 spiro atoms. The third-order valence-corrected chi connectivity index (χ3v) is 7.37. The number of nitrogens with zero attached hydrogens (tertiary/aromatic N) is 3. The van der Waals surface area contributed by atoms with E-state index in [0.717, 1.165) is 5.56 Å². The molecule has 0 fully saturated rings. The molecular weight excluding hydrogens is 456 g/mol. The molecular formula is C24H30N4O5S. The van der Waals surface area contributed by atoms with E-state index in [2.05, 4.69) is 15.5 Å². The van der Waals surface area contributed by atoms with Crippen molar-refractivity contribution in [1.82, 2.24) is 14.4 Å². The van der Waals surface area contributed by atoms with Crippen molar-refractivity contribution >= 4 is 21.6 Å². The van der Waals surface area contributed by atoms with Crippen molar-refractivity contribution in [2.24, 2.45) is 0 Å². The van der Waals surface area contributed by atoms with Crippen LogP contribution in [0.3, 0.4) is 0 Å². The molecule has 0 saturated carbocycles. The van der Waals surface area contributed by atoms with E-state index in [-0.39, 0.29) is 22.1 Å². The Bertz CT molecular complexity index is 1230. The number of rotatable bonds is 10. The minimum absolute atomic E-state index is 0.0393. The minimum Gasteiger partial charge on any atom is -0.495 e. The standard InChI is InChI=1S/C24H30N4O5S/c1-6-28(7-2)34(30,31)21-15-18(10-13-20(21)32-5)23(29)25-19-11-8-17(9-12-19)14-22-26-24(16(3)4)33-27-22/h8-13,15-16H,6-7,14H2,1-5H3,(H,25,29). The van der Waals surface area contributed by atoms with Crippen molar-refractivity contribution in [3.63, 3.8) is 0 Å². The van der Waals surface area contributed by atoms with Crippen molar-refractivity contribution in [3.05, 3.63) is 65.3 Å². The first-order chi connectivity index (χ1) is 16.2. The normalized spacial score (nSPS) is 11.7. The Morgan fingerprint density at radius 3 is 2.35 bits per heavy atom. The maximum absolute atomic E-state index is 13.0. The van der Waals surface area contributed by atoms with E-state index in [1.165, 1.54) is 29.6 Å². The van der Waals surface area contributed by atoms with E-state index in [4.69, 9.17) is 9.26 Å². The van der Waals surface area contributed by atoms with Crippen LogP contribution in [0.2, 0.25) is 0 Å². The average molecular weight is 487 g/mol. The summed E-state index contributed by atoms with van der Waals surface area (Å²) in [6.45, 7) is 8.12. The number of carbonyl (C=O) groups excluding carboxylic acids is 1. The molecule has 34 heavy (non-hydrogen) atoms. The van der Waals surface area contributed by atoms with Gasteiger partial charge in [0.2, 0.25) is 15.9 Å². The van der Waals surface area contributed by atoms with E-state index >= 15 is 0 Å². The Morgan fingerprint density at radius 1 is 1.12 bits per heavy atom. The lowest BCUT2D eigenvalue weighted by Gasteiger charge is -2.20. The third-order valence-electron chi connectivity index (χ3n) is 5.30. The Labute approximate surface area is 200 Å². The van der Waals surface area contributed by atoms with E-state index in [1.54, 1.807) is 26.0 Å². The summed E-state index contributed by atoms with van der Waals surface area (Å²) >= 11 is 0. The lowest BCUT2D eigenvalue weighted by Crippen LogP contribution is -2.31. The summed E-state index contributed by atoms with van der Waals surface area (Å²) in [4.78, 5) is 17.2. The number of anilines is 1. The van der Waals surface area contributed by atoms with E-state index < -0.39 is 15.9 Å². The van der Waals surface area contributed by atoms with Gasteiger partial charge in [-0.2, -0.15) is 9.29 Å². The SMILES string of the molecule is CCN(CC)S(=O)(=O)c1cc(C(=O)Nc2ccc(Cc3noc(C(C)C)n3)cc2)ccc1OC. The van der Waals surface area contributed by atoms with Gasteiger partial charge < -0.3 is 14.6 Å². The number of carbonyl (C=O) groups is 1. The van der Waals surface area contributed by atoms with Gasteiger partial charge in [-0.05, 0) is 35.9 Å². The minimum atomic E-state index is -3.80. The maximum Gasteiger partial charge on any atom is 0.255 e. The molecule has 182 valence electrons. The van der Waals surface area contributed by atoms with Crippen LogP contribution < -0.4 is 10.1 Å². The Morgan fingerprint density at radius 2 is 1.79 bits per heavy atom. The van der Waals surface area contributed by atoms with Crippen LogP contribution in [0.4, 0.5) is 5.69 Å². The molecule has 0 radical (unpaired) electrons. The Hall–Kier alpha value is -3.24. The molecule has 0 aliphatic rings. The van der Waals surface area contributed by atoms with Crippen LogP contribution in [-0.4, -0.2) is 49.0 Å². The zero-order valence-corrected chi connectivity index (χ0v) is 20.8. The molecule has 1 aromatic heterocycles. The van der Waals surface area contributed by atoms with Gasteiger partial charge in [-0.15, -0.1) is 0 Å². The smallest absolute Gasteiger partial charge is 0.255 e. The van der Waals surface area contributed by atoms with Crippen molar-refractivity contribution < 1.29 is 22.5 Å². The summed E-state index contributed by atoms with van der Waals surface area (Å²) in [5.74, 6) is 1.13. The van der Waals surface area contributed by atoms with Gasteiger partial charge in [-0.25, -0.2) is 8.42 Å². The molecule has 10 heteroatoms. The molecule has 2 aromatic carbocycles. The molecule has 3 aromatic rings. The van der Waals surface area contributed by atoms with Gasteiger partial charge >= 0.3 is 0 Å². The first-order valence-corrected chi connectivity index (χ1v) is 12.5. The lowest BCUT2D eigenvalue weighted by atomic mass is 10.1. The van der Waals surface area contributed by atoms with Crippen LogP contribution >= 0.6 is 0 Å². The molecule has 1 N–H and O–H groups in total. The molecule has 0 aliphatic heterocycles. The molecule has 0 bridgehead atoms. The zero-order valence-electron chi connectivity index (χ0n) is 20.0.